The molecule has 18 heavy (non-hydrogen) atoms. The summed E-state index contributed by atoms with van der Waals surface area (Å²) in [6.07, 6.45) is 5.21. The second-order valence-electron chi connectivity index (χ2n) is 5.13. The van der Waals surface area contributed by atoms with Crippen molar-refractivity contribution >= 4 is 0 Å². The number of rotatable bonds is 5. The molecule has 5 heteroatoms. The van der Waals surface area contributed by atoms with Crippen LogP contribution in [-0.2, 0) is 13.6 Å². The van der Waals surface area contributed by atoms with Crippen LogP contribution in [0.15, 0.2) is 12.4 Å². The molecule has 0 aliphatic carbocycles. The summed E-state index contributed by atoms with van der Waals surface area (Å²) < 4.78 is 1.87. The van der Waals surface area contributed by atoms with Gasteiger partial charge in [-0.05, 0) is 6.42 Å². The van der Waals surface area contributed by atoms with Crippen molar-refractivity contribution < 1.29 is 0 Å². The fraction of sp³-hybridized carbons (Fsp3) is 0.769. The van der Waals surface area contributed by atoms with Crippen LogP contribution < -0.4 is 5.73 Å². The number of nitrogens with two attached hydrogens (primary N) is 1. The van der Waals surface area contributed by atoms with Gasteiger partial charge in [0.1, 0.15) is 0 Å². The number of nitrogens with zero attached hydrogens (tertiary/aromatic N) is 4. The zero-order valence-electron chi connectivity index (χ0n) is 11.5. The Balaban J connectivity index is 1.79. The van der Waals surface area contributed by atoms with Gasteiger partial charge in [-0.2, -0.15) is 5.10 Å². The van der Waals surface area contributed by atoms with Gasteiger partial charge in [-0.3, -0.25) is 14.5 Å². The maximum absolute atomic E-state index is 5.81. The molecule has 0 bridgehead atoms. The average molecular weight is 251 g/mol. The largest absolute Gasteiger partial charge is 0.329 e. The minimum absolute atomic E-state index is 0.561. The predicted octanol–water partition coefficient (Wildman–Crippen LogP) is 0.275. The second-order valence-corrected chi connectivity index (χ2v) is 5.13. The Morgan fingerprint density at radius 3 is 2.56 bits per heavy atom. The first-order valence-electron chi connectivity index (χ1n) is 6.87. The molecule has 0 radical (unpaired) electrons. The molecule has 1 saturated heterocycles. The van der Waals surface area contributed by atoms with Crippen molar-refractivity contribution in [2.24, 2.45) is 12.8 Å². The normalized spacial score (nSPS) is 20.2. The van der Waals surface area contributed by atoms with Gasteiger partial charge in [-0.15, -0.1) is 0 Å². The van der Waals surface area contributed by atoms with E-state index in [0.29, 0.717) is 6.04 Å². The van der Waals surface area contributed by atoms with E-state index in [1.165, 1.54) is 5.56 Å². The molecule has 1 fully saturated rings. The SMILES string of the molecule is CCC(CN)N1CCN(Cc2cnn(C)c2)CC1. The van der Waals surface area contributed by atoms with Crippen LogP contribution in [0.25, 0.3) is 0 Å². The summed E-state index contributed by atoms with van der Waals surface area (Å²) in [7, 11) is 1.97. The zero-order valence-corrected chi connectivity index (χ0v) is 11.5. The molecule has 1 aromatic rings. The smallest absolute Gasteiger partial charge is 0.0534 e. The number of hydrogen-bond acceptors (Lipinski definition) is 4. The highest BCUT2D eigenvalue weighted by Crippen LogP contribution is 2.11. The lowest BCUT2D eigenvalue weighted by Gasteiger charge is -2.38. The van der Waals surface area contributed by atoms with E-state index in [4.69, 9.17) is 5.73 Å². The highest BCUT2D eigenvalue weighted by Gasteiger charge is 2.21. The molecular formula is C13H25N5. The van der Waals surface area contributed by atoms with Crippen molar-refractivity contribution in [1.29, 1.82) is 0 Å². The molecule has 2 rings (SSSR count). The van der Waals surface area contributed by atoms with Crippen molar-refractivity contribution in [3.8, 4) is 0 Å². The maximum atomic E-state index is 5.81. The van der Waals surface area contributed by atoms with Crippen LogP contribution in [0.3, 0.4) is 0 Å². The maximum Gasteiger partial charge on any atom is 0.0534 e. The predicted molar refractivity (Wildman–Crippen MR) is 73.2 cm³/mol. The van der Waals surface area contributed by atoms with Crippen molar-refractivity contribution in [3.05, 3.63) is 18.0 Å². The molecule has 1 aromatic heterocycles. The van der Waals surface area contributed by atoms with Gasteiger partial charge in [0.15, 0.2) is 0 Å². The van der Waals surface area contributed by atoms with Crippen LogP contribution in [0.5, 0.6) is 0 Å². The van der Waals surface area contributed by atoms with Gasteiger partial charge < -0.3 is 5.73 Å². The molecule has 0 spiro atoms. The van der Waals surface area contributed by atoms with E-state index in [0.717, 1.165) is 45.7 Å². The van der Waals surface area contributed by atoms with Gasteiger partial charge in [0.2, 0.25) is 0 Å². The molecule has 0 aromatic carbocycles. The Bertz CT molecular complexity index is 350. The van der Waals surface area contributed by atoms with Gasteiger partial charge in [-0.25, -0.2) is 0 Å². The lowest BCUT2D eigenvalue weighted by atomic mass is 10.1. The van der Waals surface area contributed by atoms with E-state index >= 15 is 0 Å². The highest BCUT2D eigenvalue weighted by atomic mass is 15.3. The van der Waals surface area contributed by atoms with Crippen LogP contribution >= 0.6 is 0 Å². The molecule has 2 N–H and O–H groups in total. The summed E-state index contributed by atoms with van der Waals surface area (Å²) in [6, 6.07) is 0.561. The van der Waals surface area contributed by atoms with E-state index < -0.39 is 0 Å². The molecule has 0 amide bonds. The highest BCUT2D eigenvalue weighted by molar-refractivity contribution is 5.03. The monoisotopic (exact) mass is 251 g/mol. The van der Waals surface area contributed by atoms with Gasteiger partial charge in [0.25, 0.3) is 0 Å². The summed E-state index contributed by atoms with van der Waals surface area (Å²) in [5, 5.41) is 4.21. The summed E-state index contributed by atoms with van der Waals surface area (Å²) >= 11 is 0. The van der Waals surface area contributed by atoms with E-state index in [1.807, 2.05) is 17.9 Å². The molecule has 1 unspecified atom stereocenters. The summed E-state index contributed by atoms with van der Waals surface area (Å²) in [6.45, 7) is 8.54. The number of aromatic nitrogens is 2. The number of piperazine rings is 1. The summed E-state index contributed by atoms with van der Waals surface area (Å²) in [5.74, 6) is 0. The van der Waals surface area contributed by atoms with Crippen molar-refractivity contribution in [2.45, 2.75) is 25.9 Å². The first kappa shape index (κ1) is 13.5. The quantitative estimate of drug-likeness (QED) is 0.816. The summed E-state index contributed by atoms with van der Waals surface area (Å²) in [4.78, 5) is 5.02. The topological polar surface area (TPSA) is 50.3 Å². The van der Waals surface area contributed by atoms with Crippen LogP contribution in [0, 0.1) is 0 Å². The van der Waals surface area contributed by atoms with Crippen LogP contribution in [-0.4, -0.2) is 58.3 Å². The lowest BCUT2D eigenvalue weighted by molar-refractivity contribution is 0.0926. The molecule has 1 aliphatic rings. The van der Waals surface area contributed by atoms with Crippen LogP contribution in [0.1, 0.15) is 18.9 Å². The number of aryl methyl sites for hydroxylation is 1. The van der Waals surface area contributed by atoms with E-state index in [1.54, 1.807) is 0 Å². The Kier molecular flexibility index (Phi) is 4.74. The fourth-order valence-corrected chi connectivity index (χ4v) is 2.67. The molecule has 0 saturated carbocycles. The minimum atomic E-state index is 0.561. The third kappa shape index (κ3) is 3.31. The van der Waals surface area contributed by atoms with Gasteiger partial charge in [0, 0.05) is 64.1 Å². The molecule has 2 heterocycles. The number of hydrogen-bond donors (Lipinski definition) is 1. The Labute approximate surface area is 110 Å². The molecule has 5 nitrogen and oxygen atoms in total. The van der Waals surface area contributed by atoms with Crippen LogP contribution in [0.4, 0.5) is 0 Å². The average Bonchev–Trinajstić information content (AvgIpc) is 2.78. The van der Waals surface area contributed by atoms with Crippen molar-refractivity contribution in [1.82, 2.24) is 19.6 Å². The standard InChI is InChI=1S/C13H25N5/c1-3-13(8-14)18-6-4-17(5-7-18)11-12-9-15-16(2)10-12/h9-10,13H,3-8,11,14H2,1-2H3. The molecule has 1 aliphatic heterocycles. The zero-order chi connectivity index (χ0) is 13.0. The van der Waals surface area contributed by atoms with Gasteiger partial charge in [0.05, 0.1) is 6.20 Å². The molecule has 1 atom stereocenters. The minimum Gasteiger partial charge on any atom is -0.329 e. The van der Waals surface area contributed by atoms with Crippen molar-refractivity contribution in [3.63, 3.8) is 0 Å². The third-order valence-electron chi connectivity index (χ3n) is 3.83. The first-order chi connectivity index (χ1) is 8.72. The van der Waals surface area contributed by atoms with Crippen molar-refractivity contribution in [2.75, 3.05) is 32.7 Å². The fourth-order valence-electron chi connectivity index (χ4n) is 2.67. The Hall–Kier alpha value is -0.910. The van der Waals surface area contributed by atoms with E-state index in [-0.39, 0.29) is 0 Å². The Morgan fingerprint density at radius 1 is 1.33 bits per heavy atom. The van der Waals surface area contributed by atoms with E-state index in [9.17, 15) is 0 Å². The molecule has 102 valence electrons. The second kappa shape index (κ2) is 6.31. The lowest BCUT2D eigenvalue weighted by Crippen LogP contribution is -2.51. The van der Waals surface area contributed by atoms with E-state index in [2.05, 4.69) is 28.0 Å². The van der Waals surface area contributed by atoms with Gasteiger partial charge >= 0.3 is 0 Å². The summed E-state index contributed by atoms with van der Waals surface area (Å²) in [5.41, 5.74) is 7.11. The third-order valence-corrected chi connectivity index (χ3v) is 3.83. The van der Waals surface area contributed by atoms with Gasteiger partial charge in [-0.1, -0.05) is 6.92 Å². The van der Waals surface area contributed by atoms with Crippen LogP contribution in [0.2, 0.25) is 0 Å². The first-order valence-corrected chi connectivity index (χ1v) is 6.87. The molecular weight excluding hydrogens is 226 g/mol. The Morgan fingerprint density at radius 2 is 2.06 bits per heavy atom.